The molecular formula is C31H33N7O2S. The Labute approximate surface area is 243 Å². The van der Waals surface area contributed by atoms with E-state index >= 15 is 0 Å². The fraction of sp³-hybridized carbons (Fsp3) is 0.290. The molecule has 0 radical (unpaired) electrons. The molecule has 6 rings (SSSR count). The monoisotopic (exact) mass is 567 g/mol. The lowest BCUT2D eigenvalue weighted by atomic mass is 10.2. The fourth-order valence-electron chi connectivity index (χ4n) is 5.25. The van der Waals surface area contributed by atoms with E-state index < -0.39 is 0 Å². The Morgan fingerprint density at radius 1 is 1.00 bits per heavy atom. The molecule has 4 heterocycles. The molecule has 1 aliphatic heterocycles. The summed E-state index contributed by atoms with van der Waals surface area (Å²) >= 11 is 1.55. The number of nitrogens with one attached hydrogen (secondary N) is 1. The number of thiophene rings is 1. The number of anilines is 3. The summed E-state index contributed by atoms with van der Waals surface area (Å²) in [5.74, 6) is 1.17. The fourth-order valence-corrected chi connectivity index (χ4v) is 5.96. The van der Waals surface area contributed by atoms with E-state index in [0.29, 0.717) is 28.6 Å². The molecule has 1 saturated heterocycles. The van der Waals surface area contributed by atoms with Crippen LogP contribution in [0.2, 0.25) is 0 Å². The topological polar surface area (TPSA) is 88.4 Å². The number of fused-ring (bicyclic) bond motifs is 1. The molecule has 1 aliphatic rings. The minimum atomic E-state index is -0.259. The lowest BCUT2D eigenvalue weighted by Gasteiger charge is -2.38. The van der Waals surface area contributed by atoms with Gasteiger partial charge in [0.25, 0.3) is 5.56 Å². The third kappa shape index (κ3) is 5.28. The maximum atomic E-state index is 13.6. The minimum absolute atomic E-state index is 0.259. The molecule has 1 N–H and O–H groups in total. The Kier molecular flexibility index (Phi) is 7.42. The predicted molar refractivity (Wildman–Crippen MR) is 166 cm³/mol. The van der Waals surface area contributed by atoms with Gasteiger partial charge in [0.05, 0.1) is 28.7 Å². The molecule has 0 spiro atoms. The van der Waals surface area contributed by atoms with E-state index in [1.54, 1.807) is 24.6 Å². The molecule has 1 fully saturated rings. The summed E-state index contributed by atoms with van der Waals surface area (Å²) in [6.07, 6.45) is 1.58. The number of nitrogens with zero attached hydrogens (tertiary/aromatic N) is 6. The van der Waals surface area contributed by atoms with Gasteiger partial charge in [-0.15, -0.1) is 11.3 Å². The molecule has 2 aromatic carbocycles. The normalized spacial score (nSPS) is 14.1. The standard InChI is InChI=1S/C31H33N7O2S/c1-20(2)36-13-15-37(16-14-36)25-12-11-22(18-26(25)40-4)33-31-32-19-23-28(34-31)29(27-10-7-17-41-27)35-38(30(23)39)24-9-6-5-8-21(24)3/h5-12,17-20H,13-16H2,1-4H3,(H,32,33,34). The molecule has 3 aromatic heterocycles. The van der Waals surface area contributed by atoms with Crippen molar-refractivity contribution in [3.05, 3.63) is 82.1 Å². The van der Waals surface area contributed by atoms with Crippen LogP contribution in [0.3, 0.4) is 0 Å². The number of para-hydroxylation sites is 1. The van der Waals surface area contributed by atoms with Crippen molar-refractivity contribution in [2.24, 2.45) is 0 Å². The smallest absolute Gasteiger partial charge is 0.282 e. The SMILES string of the molecule is COc1cc(Nc2ncc3c(=O)n(-c4ccccc4C)nc(-c4cccs4)c3n2)ccc1N1CCN(C(C)C)CC1. The van der Waals surface area contributed by atoms with Crippen molar-refractivity contribution in [3.63, 3.8) is 0 Å². The van der Waals surface area contributed by atoms with Crippen LogP contribution in [-0.4, -0.2) is 64.0 Å². The van der Waals surface area contributed by atoms with Crippen molar-refractivity contribution in [2.75, 3.05) is 43.5 Å². The number of methoxy groups -OCH3 is 1. The molecule has 0 atom stereocenters. The zero-order chi connectivity index (χ0) is 28.5. The number of aromatic nitrogens is 4. The van der Waals surface area contributed by atoms with Crippen LogP contribution in [-0.2, 0) is 0 Å². The molecule has 210 valence electrons. The highest BCUT2D eigenvalue weighted by atomic mass is 32.1. The van der Waals surface area contributed by atoms with Crippen molar-refractivity contribution in [1.82, 2.24) is 24.6 Å². The summed E-state index contributed by atoms with van der Waals surface area (Å²) in [6, 6.07) is 18.3. The second-order valence-electron chi connectivity index (χ2n) is 10.4. The van der Waals surface area contributed by atoms with Gasteiger partial charge in [-0.05, 0) is 56.0 Å². The molecule has 0 unspecified atom stereocenters. The highest BCUT2D eigenvalue weighted by molar-refractivity contribution is 7.13. The van der Waals surface area contributed by atoms with Gasteiger partial charge in [-0.1, -0.05) is 24.3 Å². The number of piperazine rings is 1. The Hall–Kier alpha value is -4.28. The van der Waals surface area contributed by atoms with E-state index in [1.807, 2.05) is 60.8 Å². The number of hydrogen-bond acceptors (Lipinski definition) is 9. The molecule has 5 aromatic rings. The number of ether oxygens (including phenoxy) is 1. The van der Waals surface area contributed by atoms with Crippen LogP contribution in [0.25, 0.3) is 27.2 Å². The second-order valence-corrected chi connectivity index (χ2v) is 11.4. The minimum Gasteiger partial charge on any atom is -0.495 e. The Morgan fingerprint density at radius 2 is 1.80 bits per heavy atom. The molecule has 9 nitrogen and oxygen atoms in total. The predicted octanol–water partition coefficient (Wildman–Crippen LogP) is 5.50. The Morgan fingerprint density at radius 3 is 2.51 bits per heavy atom. The summed E-state index contributed by atoms with van der Waals surface area (Å²) < 4.78 is 7.23. The molecular weight excluding hydrogens is 534 g/mol. The van der Waals surface area contributed by atoms with E-state index in [4.69, 9.17) is 14.8 Å². The molecule has 41 heavy (non-hydrogen) atoms. The first-order valence-electron chi connectivity index (χ1n) is 13.8. The maximum absolute atomic E-state index is 13.6. The molecule has 10 heteroatoms. The average Bonchev–Trinajstić information content (AvgIpc) is 3.53. The van der Waals surface area contributed by atoms with Crippen LogP contribution < -0.4 is 20.5 Å². The summed E-state index contributed by atoms with van der Waals surface area (Å²) in [6.45, 7) is 10.4. The van der Waals surface area contributed by atoms with Gasteiger partial charge in [-0.25, -0.2) is 9.97 Å². The third-order valence-electron chi connectivity index (χ3n) is 7.56. The van der Waals surface area contributed by atoms with Gasteiger partial charge in [0.2, 0.25) is 5.95 Å². The van der Waals surface area contributed by atoms with Crippen molar-refractivity contribution < 1.29 is 4.74 Å². The van der Waals surface area contributed by atoms with Crippen LogP contribution >= 0.6 is 11.3 Å². The van der Waals surface area contributed by atoms with Crippen LogP contribution in [0.15, 0.2) is 71.0 Å². The molecule has 0 saturated carbocycles. The maximum Gasteiger partial charge on any atom is 0.282 e. The Bertz CT molecular complexity index is 1740. The van der Waals surface area contributed by atoms with Crippen LogP contribution in [0.4, 0.5) is 17.3 Å². The second kappa shape index (κ2) is 11.3. The van der Waals surface area contributed by atoms with Crippen molar-refractivity contribution in [1.29, 1.82) is 0 Å². The zero-order valence-electron chi connectivity index (χ0n) is 23.7. The first-order valence-corrected chi connectivity index (χ1v) is 14.6. The van der Waals surface area contributed by atoms with Crippen LogP contribution in [0.5, 0.6) is 5.75 Å². The molecule has 0 amide bonds. The number of hydrogen-bond donors (Lipinski definition) is 1. The highest BCUT2D eigenvalue weighted by Gasteiger charge is 2.22. The van der Waals surface area contributed by atoms with E-state index in [2.05, 4.69) is 40.0 Å². The van der Waals surface area contributed by atoms with Gasteiger partial charge in [-0.2, -0.15) is 9.78 Å². The highest BCUT2D eigenvalue weighted by Crippen LogP contribution is 2.34. The van der Waals surface area contributed by atoms with E-state index in [9.17, 15) is 4.79 Å². The van der Waals surface area contributed by atoms with Gasteiger partial charge in [0.1, 0.15) is 17.0 Å². The first-order chi connectivity index (χ1) is 19.9. The summed E-state index contributed by atoms with van der Waals surface area (Å²) in [5.41, 5.74) is 4.44. The van der Waals surface area contributed by atoms with E-state index in [1.165, 1.54) is 4.68 Å². The first kappa shape index (κ1) is 26.9. The number of benzene rings is 2. The van der Waals surface area contributed by atoms with Crippen LogP contribution in [0.1, 0.15) is 19.4 Å². The van der Waals surface area contributed by atoms with Gasteiger partial charge < -0.3 is 15.0 Å². The third-order valence-corrected chi connectivity index (χ3v) is 8.43. The lowest BCUT2D eigenvalue weighted by Crippen LogP contribution is -2.49. The summed E-state index contributed by atoms with van der Waals surface area (Å²) in [4.78, 5) is 28.7. The molecule has 0 bridgehead atoms. The van der Waals surface area contributed by atoms with Crippen LogP contribution in [0, 0.1) is 6.92 Å². The van der Waals surface area contributed by atoms with Crippen molar-refractivity contribution in [2.45, 2.75) is 26.8 Å². The van der Waals surface area contributed by atoms with Crippen molar-refractivity contribution >= 4 is 39.6 Å². The average molecular weight is 568 g/mol. The zero-order valence-corrected chi connectivity index (χ0v) is 24.5. The summed E-state index contributed by atoms with van der Waals surface area (Å²) in [7, 11) is 1.69. The van der Waals surface area contributed by atoms with Gasteiger partial charge >= 0.3 is 0 Å². The molecule has 0 aliphatic carbocycles. The number of aryl methyl sites for hydroxylation is 1. The largest absolute Gasteiger partial charge is 0.495 e. The lowest BCUT2D eigenvalue weighted by molar-refractivity contribution is 0.209. The van der Waals surface area contributed by atoms with Gasteiger partial charge in [0.15, 0.2) is 0 Å². The van der Waals surface area contributed by atoms with Gasteiger partial charge in [0, 0.05) is 50.2 Å². The van der Waals surface area contributed by atoms with E-state index in [0.717, 1.165) is 59.4 Å². The quantitative estimate of drug-likeness (QED) is 0.276. The Balaban J connectivity index is 1.35. The van der Waals surface area contributed by atoms with Crippen molar-refractivity contribution in [3.8, 4) is 22.0 Å². The van der Waals surface area contributed by atoms with E-state index in [-0.39, 0.29) is 5.56 Å². The summed E-state index contributed by atoms with van der Waals surface area (Å²) in [5, 5.41) is 10.5. The number of rotatable bonds is 7. The van der Waals surface area contributed by atoms with Gasteiger partial charge in [-0.3, -0.25) is 9.69 Å².